The number of hydrogen-bond donors (Lipinski definition) is 0. The summed E-state index contributed by atoms with van der Waals surface area (Å²) in [6.45, 7) is 4.47. The number of amides is 2. The van der Waals surface area contributed by atoms with E-state index >= 15 is 0 Å². The second-order valence-electron chi connectivity index (χ2n) is 4.88. The summed E-state index contributed by atoms with van der Waals surface area (Å²) in [6, 6.07) is 2.47. The molecule has 4 nitrogen and oxygen atoms in total. The molecule has 2 heterocycles. The number of pyridine rings is 1. The molecule has 2 rings (SSSR count). The summed E-state index contributed by atoms with van der Waals surface area (Å²) >= 11 is 0. The summed E-state index contributed by atoms with van der Waals surface area (Å²) in [7, 11) is 0. The fourth-order valence-corrected chi connectivity index (χ4v) is 2.07. The van der Waals surface area contributed by atoms with Gasteiger partial charge < -0.3 is 0 Å². The van der Waals surface area contributed by atoms with Crippen molar-refractivity contribution >= 4 is 11.8 Å². The number of imide groups is 1. The van der Waals surface area contributed by atoms with Crippen LogP contribution in [0.4, 0.5) is 4.39 Å². The SMILES string of the molecule is CC(C)C1CC(=O)N(C(=O)c2ccnc(F)c2)C1. The number of carbonyl (C=O) groups excluding carboxylic acids is 2. The fourth-order valence-electron chi connectivity index (χ4n) is 2.07. The highest BCUT2D eigenvalue weighted by Gasteiger charge is 2.35. The summed E-state index contributed by atoms with van der Waals surface area (Å²) < 4.78 is 12.9. The molecule has 0 spiro atoms. The maximum absolute atomic E-state index is 12.9. The van der Waals surface area contributed by atoms with Gasteiger partial charge >= 0.3 is 0 Å². The first-order chi connectivity index (χ1) is 8.49. The van der Waals surface area contributed by atoms with Crippen LogP contribution in [0, 0.1) is 17.8 Å². The maximum Gasteiger partial charge on any atom is 0.260 e. The minimum absolute atomic E-state index is 0.167. The van der Waals surface area contributed by atoms with Crippen LogP contribution in [0.1, 0.15) is 30.6 Å². The van der Waals surface area contributed by atoms with E-state index in [1.807, 2.05) is 13.8 Å². The summed E-state index contributed by atoms with van der Waals surface area (Å²) in [5, 5.41) is 0. The molecule has 5 heteroatoms. The zero-order valence-electron chi connectivity index (χ0n) is 10.4. The van der Waals surface area contributed by atoms with E-state index in [2.05, 4.69) is 4.98 Å². The molecule has 96 valence electrons. The summed E-state index contributed by atoms with van der Waals surface area (Å²) in [4.78, 5) is 28.5. The average Bonchev–Trinajstić information content (AvgIpc) is 2.70. The summed E-state index contributed by atoms with van der Waals surface area (Å²) in [5.41, 5.74) is 0.167. The number of nitrogens with zero attached hydrogens (tertiary/aromatic N) is 2. The molecule has 0 aliphatic carbocycles. The van der Waals surface area contributed by atoms with Gasteiger partial charge in [0.2, 0.25) is 11.9 Å². The van der Waals surface area contributed by atoms with E-state index in [1.54, 1.807) is 0 Å². The van der Waals surface area contributed by atoms with E-state index in [0.29, 0.717) is 18.9 Å². The smallest absolute Gasteiger partial charge is 0.260 e. The zero-order valence-corrected chi connectivity index (χ0v) is 10.4. The first kappa shape index (κ1) is 12.7. The zero-order chi connectivity index (χ0) is 13.3. The molecular weight excluding hydrogens is 235 g/mol. The van der Waals surface area contributed by atoms with Gasteiger partial charge in [0, 0.05) is 30.8 Å². The lowest BCUT2D eigenvalue weighted by molar-refractivity contribution is -0.125. The molecule has 1 aliphatic heterocycles. The second kappa shape index (κ2) is 4.84. The largest absolute Gasteiger partial charge is 0.278 e. The van der Waals surface area contributed by atoms with Crippen LogP contribution in [0.5, 0.6) is 0 Å². The van der Waals surface area contributed by atoms with Crippen molar-refractivity contribution in [3.8, 4) is 0 Å². The number of hydrogen-bond acceptors (Lipinski definition) is 3. The molecule has 1 aliphatic rings. The van der Waals surface area contributed by atoms with E-state index in [-0.39, 0.29) is 17.4 Å². The van der Waals surface area contributed by atoms with Crippen LogP contribution in [0.2, 0.25) is 0 Å². The summed E-state index contributed by atoms with van der Waals surface area (Å²) in [6.07, 6.45) is 1.61. The van der Waals surface area contributed by atoms with Crippen LogP contribution in [0.3, 0.4) is 0 Å². The number of likely N-dealkylation sites (tertiary alicyclic amines) is 1. The predicted octanol–water partition coefficient (Wildman–Crippen LogP) is 1.87. The first-order valence-corrected chi connectivity index (χ1v) is 5.95. The standard InChI is InChI=1S/C13H15FN2O2/c1-8(2)10-6-12(17)16(7-10)13(18)9-3-4-15-11(14)5-9/h3-5,8,10H,6-7H2,1-2H3. The molecule has 1 saturated heterocycles. The van der Waals surface area contributed by atoms with Gasteiger partial charge in [-0.1, -0.05) is 13.8 Å². The lowest BCUT2D eigenvalue weighted by Gasteiger charge is -2.16. The number of aromatic nitrogens is 1. The normalized spacial score (nSPS) is 19.7. The lowest BCUT2D eigenvalue weighted by atomic mass is 9.95. The Morgan fingerprint density at radius 1 is 1.56 bits per heavy atom. The van der Waals surface area contributed by atoms with E-state index < -0.39 is 11.9 Å². The van der Waals surface area contributed by atoms with Gasteiger partial charge in [0.05, 0.1) is 0 Å². The van der Waals surface area contributed by atoms with Gasteiger partial charge in [-0.25, -0.2) is 4.98 Å². The number of carbonyl (C=O) groups is 2. The molecular formula is C13H15FN2O2. The van der Waals surface area contributed by atoms with E-state index in [9.17, 15) is 14.0 Å². The Morgan fingerprint density at radius 3 is 2.83 bits per heavy atom. The van der Waals surface area contributed by atoms with Gasteiger partial charge in [0.15, 0.2) is 0 Å². The summed E-state index contributed by atoms with van der Waals surface area (Å²) in [5.74, 6) is -0.803. The Morgan fingerprint density at radius 2 is 2.28 bits per heavy atom. The Labute approximate surface area is 105 Å². The molecule has 1 unspecified atom stereocenters. The Bertz CT molecular complexity index is 488. The monoisotopic (exact) mass is 250 g/mol. The van der Waals surface area contributed by atoms with Crippen LogP contribution in [0.25, 0.3) is 0 Å². The van der Waals surface area contributed by atoms with Crippen LogP contribution in [-0.2, 0) is 4.79 Å². The third kappa shape index (κ3) is 2.39. The molecule has 0 saturated carbocycles. The Balaban J connectivity index is 2.17. The Hall–Kier alpha value is -1.78. The molecule has 1 atom stereocenters. The van der Waals surface area contributed by atoms with Crippen molar-refractivity contribution in [2.75, 3.05) is 6.54 Å². The highest BCUT2D eigenvalue weighted by atomic mass is 19.1. The molecule has 0 N–H and O–H groups in total. The quantitative estimate of drug-likeness (QED) is 0.594. The molecule has 0 radical (unpaired) electrons. The van der Waals surface area contributed by atoms with Gasteiger partial charge in [-0.15, -0.1) is 0 Å². The van der Waals surface area contributed by atoms with Gasteiger partial charge in [0.25, 0.3) is 5.91 Å². The van der Waals surface area contributed by atoms with Crippen LogP contribution >= 0.6 is 0 Å². The molecule has 1 aromatic rings. The molecule has 18 heavy (non-hydrogen) atoms. The van der Waals surface area contributed by atoms with Crippen molar-refractivity contribution in [3.05, 3.63) is 29.8 Å². The molecule has 0 bridgehead atoms. The minimum atomic E-state index is -0.715. The van der Waals surface area contributed by atoms with Crippen LogP contribution in [0.15, 0.2) is 18.3 Å². The van der Waals surface area contributed by atoms with Crippen molar-refractivity contribution in [1.29, 1.82) is 0 Å². The fraction of sp³-hybridized carbons (Fsp3) is 0.462. The number of rotatable bonds is 2. The van der Waals surface area contributed by atoms with Crippen molar-refractivity contribution < 1.29 is 14.0 Å². The van der Waals surface area contributed by atoms with E-state index in [4.69, 9.17) is 0 Å². The highest BCUT2D eigenvalue weighted by molar-refractivity contribution is 6.05. The van der Waals surface area contributed by atoms with Gasteiger partial charge in [-0.2, -0.15) is 4.39 Å². The Kier molecular flexibility index (Phi) is 3.41. The van der Waals surface area contributed by atoms with Crippen LogP contribution in [-0.4, -0.2) is 28.2 Å². The highest BCUT2D eigenvalue weighted by Crippen LogP contribution is 2.26. The minimum Gasteiger partial charge on any atom is -0.278 e. The average molecular weight is 250 g/mol. The van der Waals surface area contributed by atoms with Gasteiger partial charge in [-0.3, -0.25) is 14.5 Å². The van der Waals surface area contributed by atoms with Crippen molar-refractivity contribution in [1.82, 2.24) is 9.88 Å². The van der Waals surface area contributed by atoms with Gasteiger partial charge in [-0.05, 0) is 17.9 Å². The molecule has 1 fully saturated rings. The first-order valence-electron chi connectivity index (χ1n) is 5.95. The van der Waals surface area contributed by atoms with Gasteiger partial charge in [0.1, 0.15) is 0 Å². The maximum atomic E-state index is 12.9. The molecule has 2 amide bonds. The lowest BCUT2D eigenvalue weighted by Crippen LogP contribution is -2.32. The third-order valence-corrected chi connectivity index (χ3v) is 3.32. The van der Waals surface area contributed by atoms with Crippen molar-refractivity contribution in [2.24, 2.45) is 11.8 Å². The van der Waals surface area contributed by atoms with Crippen LogP contribution < -0.4 is 0 Å². The molecule has 0 aromatic carbocycles. The van der Waals surface area contributed by atoms with E-state index in [1.165, 1.54) is 17.2 Å². The molecule has 1 aromatic heterocycles. The van der Waals surface area contributed by atoms with E-state index in [0.717, 1.165) is 6.07 Å². The number of halogens is 1. The topological polar surface area (TPSA) is 50.3 Å². The predicted molar refractivity (Wildman–Crippen MR) is 63.2 cm³/mol. The second-order valence-corrected chi connectivity index (χ2v) is 4.88. The third-order valence-electron chi connectivity index (χ3n) is 3.32. The van der Waals surface area contributed by atoms with Crippen molar-refractivity contribution in [3.63, 3.8) is 0 Å². The van der Waals surface area contributed by atoms with Crippen molar-refractivity contribution in [2.45, 2.75) is 20.3 Å².